The van der Waals surface area contributed by atoms with Crippen LogP contribution in [0.4, 0.5) is 18.7 Å². The fourth-order valence-corrected chi connectivity index (χ4v) is 4.73. The lowest BCUT2D eigenvalue weighted by atomic mass is 10.0. The van der Waals surface area contributed by atoms with Crippen LogP contribution in [0.3, 0.4) is 0 Å². The number of alkyl halides is 2. The Morgan fingerprint density at radius 3 is 2.72 bits per heavy atom. The van der Waals surface area contributed by atoms with Gasteiger partial charge in [0.1, 0.15) is 29.4 Å². The molecule has 3 heterocycles. The molecule has 32 heavy (non-hydrogen) atoms. The molecule has 2 aliphatic rings. The SMILES string of the molecule is NC(=O)OCC1=C(C(=O)O)N2C(=O)C(NC(=O)/C(=N/OC(F)F)c3csc(N)n3)[C@H]2SC1. The zero-order valence-corrected chi connectivity index (χ0v) is 17.3. The van der Waals surface area contributed by atoms with Crippen LogP contribution in [0.1, 0.15) is 5.69 Å². The molecular formula is C15H14F2N6O7S2. The van der Waals surface area contributed by atoms with Gasteiger partial charge in [0, 0.05) is 16.7 Å². The van der Waals surface area contributed by atoms with Crippen molar-refractivity contribution >= 4 is 57.8 Å². The number of nitrogens with two attached hydrogens (primary N) is 2. The van der Waals surface area contributed by atoms with Crippen molar-refractivity contribution in [2.45, 2.75) is 18.0 Å². The van der Waals surface area contributed by atoms with E-state index in [0.29, 0.717) is 0 Å². The molecule has 2 aliphatic heterocycles. The fourth-order valence-electron chi connectivity index (χ4n) is 2.86. The van der Waals surface area contributed by atoms with Gasteiger partial charge in [-0.3, -0.25) is 14.5 Å². The van der Waals surface area contributed by atoms with Crippen LogP contribution in [0.5, 0.6) is 0 Å². The molecule has 0 aliphatic carbocycles. The Balaban J connectivity index is 1.78. The van der Waals surface area contributed by atoms with Gasteiger partial charge in [0.15, 0.2) is 10.8 Å². The van der Waals surface area contributed by atoms with Crippen molar-refractivity contribution in [2.75, 3.05) is 18.1 Å². The Morgan fingerprint density at radius 2 is 2.16 bits per heavy atom. The first kappa shape index (κ1) is 23.2. The maximum absolute atomic E-state index is 12.6. The molecule has 0 bridgehead atoms. The third-order valence-corrected chi connectivity index (χ3v) is 6.14. The molecule has 13 nitrogen and oxygen atoms in total. The smallest absolute Gasteiger partial charge is 0.407 e. The third kappa shape index (κ3) is 4.72. The van der Waals surface area contributed by atoms with Crippen LogP contribution >= 0.6 is 23.1 Å². The molecule has 0 spiro atoms. The summed E-state index contributed by atoms with van der Waals surface area (Å²) >= 11 is 2.01. The lowest BCUT2D eigenvalue weighted by molar-refractivity contribution is -0.150. The predicted octanol–water partition coefficient (Wildman–Crippen LogP) is -0.497. The molecule has 2 atom stereocenters. The number of fused-ring (bicyclic) bond motifs is 1. The molecule has 1 aromatic heterocycles. The number of primary amides is 1. The number of amides is 3. The lowest BCUT2D eigenvalue weighted by Gasteiger charge is -2.49. The van der Waals surface area contributed by atoms with Crippen molar-refractivity contribution < 1.29 is 42.6 Å². The first-order valence-electron chi connectivity index (χ1n) is 8.46. The number of carboxylic acids is 1. The van der Waals surface area contributed by atoms with Gasteiger partial charge < -0.3 is 31.5 Å². The summed E-state index contributed by atoms with van der Waals surface area (Å²) in [5, 5.41) is 15.4. The summed E-state index contributed by atoms with van der Waals surface area (Å²) in [6, 6.07) is -1.19. The number of carbonyl (C=O) groups excluding carboxylic acids is 3. The summed E-state index contributed by atoms with van der Waals surface area (Å²) in [6.07, 6.45) is -1.12. The summed E-state index contributed by atoms with van der Waals surface area (Å²) in [6.45, 7) is -3.74. The zero-order valence-electron chi connectivity index (χ0n) is 15.7. The summed E-state index contributed by atoms with van der Waals surface area (Å²) < 4.78 is 29.4. The summed E-state index contributed by atoms with van der Waals surface area (Å²) in [5.74, 6) is -3.22. The number of nitrogens with zero attached hydrogens (tertiary/aromatic N) is 3. The van der Waals surface area contributed by atoms with E-state index in [2.05, 4.69) is 25.0 Å². The number of thiazole rings is 1. The number of nitrogens with one attached hydrogen (secondary N) is 1. The Bertz CT molecular complexity index is 1030. The topological polar surface area (TPSA) is 200 Å². The molecule has 6 N–H and O–H groups in total. The number of ether oxygens (including phenoxy) is 1. The van der Waals surface area contributed by atoms with Crippen molar-refractivity contribution in [1.29, 1.82) is 0 Å². The fraction of sp³-hybridized carbons (Fsp3) is 0.333. The highest BCUT2D eigenvalue weighted by atomic mass is 32.2. The predicted molar refractivity (Wildman–Crippen MR) is 105 cm³/mol. The monoisotopic (exact) mass is 492 g/mol. The molecule has 172 valence electrons. The molecular weight excluding hydrogens is 478 g/mol. The molecule has 0 aromatic carbocycles. The van der Waals surface area contributed by atoms with E-state index in [-0.39, 0.29) is 22.2 Å². The Kier molecular flexibility index (Phi) is 6.78. The quantitative estimate of drug-likeness (QED) is 0.208. The molecule has 1 fully saturated rings. The summed E-state index contributed by atoms with van der Waals surface area (Å²) in [5.41, 5.74) is 9.32. The number of hydrogen-bond acceptors (Lipinski definition) is 11. The minimum Gasteiger partial charge on any atom is -0.477 e. The summed E-state index contributed by atoms with van der Waals surface area (Å²) in [4.78, 5) is 56.3. The number of oxime groups is 1. The molecule has 3 rings (SSSR count). The average molecular weight is 492 g/mol. The Labute approximate surface area is 185 Å². The van der Waals surface area contributed by atoms with Crippen molar-refractivity contribution in [3.05, 3.63) is 22.3 Å². The normalized spacial score (nSPS) is 20.5. The van der Waals surface area contributed by atoms with Crippen LogP contribution in [-0.4, -0.2) is 75.0 Å². The molecule has 1 aromatic rings. The van der Waals surface area contributed by atoms with Gasteiger partial charge in [-0.15, -0.1) is 23.1 Å². The van der Waals surface area contributed by atoms with Crippen molar-refractivity contribution in [3.63, 3.8) is 0 Å². The molecule has 1 unspecified atom stereocenters. The highest BCUT2D eigenvalue weighted by Gasteiger charge is 2.54. The van der Waals surface area contributed by atoms with Crippen LogP contribution < -0.4 is 16.8 Å². The number of hydrogen-bond donors (Lipinski definition) is 4. The second-order valence-electron chi connectivity index (χ2n) is 6.10. The largest absolute Gasteiger partial charge is 0.477 e. The first-order chi connectivity index (χ1) is 15.1. The van der Waals surface area contributed by atoms with Crippen molar-refractivity contribution in [2.24, 2.45) is 10.9 Å². The third-order valence-electron chi connectivity index (χ3n) is 4.13. The van der Waals surface area contributed by atoms with E-state index in [1.807, 2.05) is 0 Å². The van der Waals surface area contributed by atoms with Gasteiger partial charge in [0.2, 0.25) is 0 Å². The van der Waals surface area contributed by atoms with E-state index in [1.54, 1.807) is 0 Å². The van der Waals surface area contributed by atoms with Gasteiger partial charge in [-0.1, -0.05) is 5.16 Å². The van der Waals surface area contributed by atoms with Crippen LogP contribution in [0.2, 0.25) is 0 Å². The van der Waals surface area contributed by atoms with Gasteiger partial charge in [-0.05, 0) is 0 Å². The number of rotatable bonds is 8. The van der Waals surface area contributed by atoms with E-state index in [9.17, 15) is 33.1 Å². The van der Waals surface area contributed by atoms with Gasteiger partial charge in [0.25, 0.3) is 11.8 Å². The van der Waals surface area contributed by atoms with Crippen molar-refractivity contribution in [1.82, 2.24) is 15.2 Å². The van der Waals surface area contributed by atoms with Crippen LogP contribution in [0, 0.1) is 0 Å². The highest BCUT2D eigenvalue weighted by Crippen LogP contribution is 2.40. The lowest BCUT2D eigenvalue weighted by Crippen LogP contribution is -2.71. The summed E-state index contributed by atoms with van der Waals surface area (Å²) in [7, 11) is 0. The Hall–Kier alpha value is -3.47. The molecule has 17 heteroatoms. The number of carbonyl (C=O) groups is 4. The molecule has 3 amide bonds. The highest BCUT2D eigenvalue weighted by molar-refractivity contribution is 8.00. The maximum Gasteiger partial charge on any atom is 0.407 e. The second-order valence-corrected chi connectivity index (χ2v) is 8.10. The Morgan fingerprint density at radius 1 is 1.44 bits per heavy atom. The molecule has 0 radical (unpaired) electrons. The minimum atomic E-state index is -3.31. The number of thioether (sulfide) groups is 1. The van der Waals surface area contributed by atoms with E-state index in [0.717, 1.165) is 28.0 Å². The van der Waals surface area contributed by atoms with E-state index >= 15 is 0 Å². The van der Waals surface area contributed by atoms with Gasteiger partial charge in [0.05, 0.1) is 0 Å². The van der Waals surface area contributed by atoms with Crippen molar-refractivity contribution in [3.8, 4) is 0 Å². The van der Waals surface area contributed by atoms with Gasteiger partial charge >= 0.3 is 18.7 Å². The molecule has 0 saturated carbocycles. The van der Waals surface area contributed by atoms with Crippen LogP contribution in [0.25, 0.3) is 0 Å². The maximum atomic E-state index is 12.6. The number of anilines is 1. The molecule has 1 saturated heterocycles. The number of carboxylic acid groups (broad SMARTS) is 1. The number of aliphatic carboxylic acids is 1. The standard InChI is InChI=1S/C15H14F2N6O7S2/c16-13(17)30-22-6(5-3-32-14(18)20-5)9(24)21-7-10(25)23-8(12(26)27)4(1-29-15(19)28)2-31-11(7)23/h3,7,11,13H,1-2H2,(H2,18,20)(H2,19,28)(H,21,24)(H,26,27)/b22-6+/t7?,11-/m1/s1. The van der Waals surface area contributed by atoms with E-state index in [4.69, 9.17) is 11.5 Å². The van der Waals surface area contributed by atoms with E-state index < -0.39 is 59.9 Å². The number of aromatic nitrogens is 1. The van der Waals surface area contributed by atoms with Gasteiger partial charge in [-0.25, -0.2) is 14.6 Å². The minimum absolute atomic E-state index is 0.0354. The van der Waals surface area contributed by atoms with Crippen LogP contribution in [-0.2, 0) is 24.0 Å². The number of nitrogen functional groups attached to an aromatic ring is 1. The van der Waals surface area contributed by atoms with E-state index in [1.165, 1.54) is 5.38 Å². The number of β-lactam (4-membered cyclic amide) rings is 1. The average Bonchev–Trinajstić information content (AvgIpc) is 3.15. The number of halogens is 2. The second kappa shape index (κ2) is 9.35. The zero-order chi connectivity index (χ0) is 23.6. The van der Waals surface area contributed by atoms with Gasteiger partial charge in [-0.2, -0.15) is 8.78 Å². The van der Waals surface area contributed by atoms with Crippen LogP contribution in [0.15, 0.2) is 21.8 Å². The first-order valence-corrected chi connectivity index (χ1v) is 10.4.